The van der Waals surface area contributed by atoms with Crippen molar-refractivity contribution in [1.82, 2.24) is 4.31 Å². The van der Waals surface area contributed by atoms with Crippen molar-refractivity contribution in [3.05, 3.63) is 29.8 Å². The molecule has 0 spiro atoms. The Balaban J connectivity index is 1.96. The lowest BCUT2D eigenvalue weighted by Crippen LogP contribution is -2.49. The second kappa shape index (κ2) is 6.27. The van der Waals surface area contributed by atoms with Crippen molar-refractivity contribution < 1.29 is 8.42 Å². The molecule has 2 unspecified atom stereocenters. The minimum absolute atomic E-state index is 0.195. The number of nitrogens with zero attached hydrogens (tertiary/aromatic N) is 1. The third-order valence-corrected chi connectivity index (χ3v) is 7.21. The van der Waals surface area contributed by atoms with Crippen molar-refractivity contribution in [3.63, 3.8) is 0 Å². The maximum absolute atomic E-state index is 13.1. The normalized spacial score (nSPS) is 27.3. The Kier molecular flexibility index (Phi) is 4.57. The first-order chi connectivity index (χ1) is 10.1. The second-order valence-electron chi connectivity index (χ2n) is 6.11. The predicted octanol–water partition coefficient (Wildman–Crippen LogP) is 3.77. The molecule has 1 saturated heterocycles. The fraction of sp³-hybridized carbons (Fsp3) is 0.625. The molecule has 3 nitrogen and oxygen atoms in total. The van der Waals surface area contributed by atoms with Gasteiger partial charge in [0, 0.05) is 18.5 Å². The highest BCUT2D eigenvalue weighted by molar-refractivity contribution is 7.89. The van der Waals surface area contributed by atoms with Gasteiger partial charge in [-0.2, -0.15) is 4.31 Å². The third-order valence-electron chi connectivity index (χ3n) is 4.90. The molecule has 5 heteroatoms. The highest BCUT2D eigenvalue weighted by Gasteiger charge is 2.40. The van der Waals surface area contributed by atoms with Crippen LogP contribution in [0.3, 0.4) is 0 Å². The molecule has 2 aliphatic rings. The lowest BCUT2D eigenvalue weighted by Gasteiger charge is -2.43. The Morgan fingerprint density at radius 1 is 1.10 bits per heavy atom. The Morgan fingerprint density at radius 3 is 2.62 bits per heavy atom. The zero-order chi connectivity index (χ0) is 14.9. The van der Waals surface area contributed by atoms with E-state index in [1.807, 2.05) is 12.1 Å². The number of hydrogen-bond acceptors (Lipinski definition) is 2. The molecule has 3 rings (SSSR count). The fourth-order valence-corrected chi connectivity index (χ4v) is 6.16. The van der Waals surface area contributed by atoms with Crippen LogP contribution in [0.5, 0.6) is 0 Å². The van der Waals surface area contributed by atoms with Crippen molar-refractivity contribution >= 4 is 21.6 Å². The van der Waals surface area contributed by atoms with Gasteiger partial charge < -0.3 is 0 Å². The summed E-state index contributed by atoms with van der Waals surface area (Å²) in [6, 6.07) is 7.32. The highest BCUT2D eigenvalue weighted by atomic mass is 35.5. The third kappa shape index (κ3) is 2.86. The van der Waals surface area contributed by atoms with E-state index in [1.165, 1.54) is 19.3 Å². The summed E-state index contributed by atoms with van der Waals surface area (Å²) in [4.78, 5) is 0.395. The van der Waals surface area contributed by atoms with E-state index < -0.39 is 10.0 Å². The molecule has 0 aromatic heterocycles. The summed E-state index contributed by atoms with van der Waals surface area (Å²) >= 11 is 5.93. The van der Waals surface area contributed by atoms with Crippen LogP contribution >= 0.6 is 11.6 Å². The summed E-state index contributed by atoms with van der Waals surface area (Å²) in [5.41, 5.74) is 0.706. The molecule has 116 valence electrons. The van der Waals surface area contributed by atoms with Crippen molar-refractivity contribution in [2.45, 2.75) is 55.3 Å². The van der Waals surface area contributed by atoms with Crippen LogP contribution in [0.1, 0.15) is 44.1 Å². The zero-order valence-electron chi connectivity index (χ0n) is 12.2. The maximum Gasteiger partial charge on any atom is 0.243 e. The van der Waals surface area contributed by atoms with Gasteiger partial charge in [0.25, 0.3) is 0 Å². The summed E-state index contributed by atoms with van der Waals surface area (Å²) in [6.07, 6.45) is 6.72. The quantitative estimate of drug-likeness (QED) is 0.792. The summed E-state index contributed by atoms with van der Waals surface area (Å²) in [5.74, 6) is 0.780. The maximum atomic E-state index is 13.1. The van der Waals surface area contributed by atoms with E-state index in [0.717, 1.165) is 19.3 Å². The molecule has 1 aromatic carbocycles. The Bertz CT molecular complexity index is 600. The van der Waals surface area contributed by atoms with Crippen LogP contribution in [0.15, 0.2) is 29.2 Å². The monoisotopic (exact) mass is 327 g/mol. The van der Waals surface area contributed by atoms with E-state index in [9.17, 15) is 8.42 Å². The summed E-state index contributed by atoms with van der Waals surface area (Å²) in [5, 5.41) is 0. The Morgan fingerprint density at radius 2 is 1.81 bits per heavy atom. The van der Waals surface area contributed by atoms with Gasteiger partial charge in [0.2, 0.25) is 10.0 Å². The SMILES string of the molecule is O=S(=O)(c1ccccc1CCl)N1CCCC2CCCCC21. The van der Waals surface area contributed by atoms with Crippen LogP contribution in [0, 0.1) is 5.92 Å². The lowest BCUT2D eigenvalue weighted by molar-refractivity contribution is 0.129. The number of alkyl halides is 1. The van der Waals surface area contributed by atoms with E-state index in [-0.39, 0.29) is 11.9 Å². The largest absolute Gasteiger partial charge is 0.243 e. The van der Waals surface area contributed by atoms with Gasteiger partial charge in [-0.25, -0.2) is 8.42 Å². The Labute approximate surface area is 132 Å². The molecule has 2 atom stereocenters. The Hall–Kier alpha value is -0.580. The smallest absolute Gasteiger partial charge is 0.207 e. The molecule has 1 aromatic rings. The fourth-order valence-electron chi connectivity index (χ4n) is 3.87. The van der Waals surface area contributed by atoms with Gasteiger partial charge in [0.1, 0.15) is 0 Å². The molecule has 0 bridgehead atoms. The van der Waals surface area contributed by atoms with Gasteiger partial charge >= 0.3 is 0 Å². The summed E-state index contributed by atoms with van der Waals surface area (Å²) < 4.78 is 27.9. The molecular weight excluding hydrogens is 306 g/mol. The molecule has 21 heavy (non-hydrogen) atoms. The topological polar surface area (TPSA) is 37.4 Å². The lowest BCUT2D eigenvalue weighted by atomic mass is 9.79. The molecule has 1 saturated carbocycles. The van der Waals surface area contributed by atoms with Crippen molar-refractivity contribution in [2.75, 3.05) is 6.54 Å². The first kappa shape index (κ1) is 15.3. The second-order valence-corrected chi connectivity index (χ2v) is 8.24. The first-order valence-electron chi connectivity index (χ1n) is 7.80. The molecule has 0 radical (unpaired) electrons. The van der Waals surface area contributed by atoms with Gasteiger partial charge in [0.05, 0.1) is 4.90 Å². The van der Waals surface area contributed by atoms with Crippen molar-refractivity contribution in [2.24, 2.45) is 5.92 Å². The molecule has 0 N–H and O–H groups in total. The van der Waals surface area contributed by atoms with Gasteiger partial charge in [-0.3, -0.25) is 0 Å². The number of piperidine rings is 1. The standard InChI is InChI=1S/C16H22ClNO2S/c17-12-14-7-2-4-10-16(14)21(19,20)18-11-5-8-13-6-1-3-9-15(13)18/h2,4,7,10,13,15H,1,3,5-6,8-9,11-12H2. The van der Waals surface area contributed by atoms with Crippen LogP contribution < -0.4 is 0 Å². The molecule has 0 amide bonds. The molecular formula is C16H22ClNO2S. The van der Waals surface area contributed by atoms with Crippen molar-refractivity contribution in [3.8, 4) is 0 Å². The summed E-state index contributed by atoms with van der Waals surface area (Å²) in [7, 11) is -3.43. The average Bonchev–Trinajstić information content (AvgIpc) is 2.54. The number of benzene rings is 1. The van der Waals surface area contributed by atoms with E-state index >= 15 is 0 Å². The van der Waals surface area contributed by atoms with Crippen LogP contribution in [-0.2, 0) is 15.9 Å². The van der Waals surface area contributed by atoms with E-state index in [0.29, 0.717) is 22.9 Å². The highest BCUT2D eigenvalue weighted by Crippen LogP contribution is 2.38. The van der Waals surface area contributed by atoms with Crippen LogP contribution in [-0.4, -0.2) is 25.3 Å². The number of halogens is 1. The zero-order valence-corrected chi connectivity index (χ0v) is 13.7. The number of fused-ring (bicyclic) bond motifs is 1. The van der Waals surface area contributed by atoms with Crippen LogP contribution in [0.4, 0.5) is 0 Å². The van der Waals surface area contributed by atoms with Gasteiger partial charge in [0.15, 0.2) is 0 Å². The first-order valence-corrected chi connectivity index (χ1v) is 9.78. The molecule has 1 heterocycles. The van der Waals surface area contributed by atoms with E-state index in [2.05, 4.69) is 0 Å². The van der Waals surface area contributed by atoms with Crippen LogP contribution in [0.2, 0.25) is 0 Å². The minimum Gasteiger partial charge on any atom is -0.207 e. The minimum atomic E-state index is -3.43. The summed E-state index contributed by atoms with van der Waals surface area (Å²) in [6.45, 7) is 0.653. The number of sulfonamides is 1. The molecule has 2 fully saturated rings. The predicted molar refractivity (Wildman–Crippen MR) is 84.9 cm³/mol. The average molecular weight is 328 g/mol. The van der Waals surface area contributed by atoms with E-state index in [4.69, 9.17) is 11.6 Å². The van der Waals surface area contributed by atoms with Gasteiger partial charge in [-0.15, -0.1) is 11.6 Å². The molecule has 1 aliphatic carbocycles. The van der Waals surface area contributed by atoms with Gasteiger partial charge in [-0.05, 0) is 43.2 Å². The van der Waals surface area contributed by atoms with E-state index in [1.54, 1.807) is 16.4 Å². The van der Waals surface area contributed by atoms with Crippen molar-refractivity contribution in [1.29, 1.82) is 0 Å². The number of rotatable bonds is 3. The van der Waals surface area contributed by atoms with Crippen LogP contribution in [0.25, 0.3) is 0 Å². The number of hydrogen-bond donors (Lipinski definition) is 0. The molecule has 1 aliphatic heterocycles. The van der Waals surface area contributed by atoms with Gasteiger partial charge in [-0.1, -0.05) is 31.0 Å².